The van der Waals surface area contributed by atoms with Gasteiger partial charge < -0.3 is 9.55 Å². The van der Waals surface area contributed by atoms with Gasteiger partial charge in [0.25, 0.3) is 0 Å². The third kappa shape index (κ3) is 3.10. The molecule has 2 heterocycles. The molecule has 0 saturated heterocycles. The van der Waals surface area contributed by atoms with Gasteiger partial charge in [0.1, 0.15) is 17.6 Å². The fraction of sp³-hybridized carbons (Fsp3) is 0.0968. The Morgan fingerprint density at radius 1 is 0.789 bits per heavy atom. The van der Waals surface area contributed by atoms with Gasteiger partial charge in [0.2, 0.25) is 0 Å². The van der Waals surface area contributed by atoms with E-state index in [4.69, 9.17) is 11.3 Å². The van der Waals surface area contributed by atoms with E-state index in [0.717, 1.165) is 22.1 Å². The fourth-order valence-corrected chi connectivity index (χ4v) is 5.70. The van der Waals surface area contributed by atoms with Crippen LogP contribution >= 0.6 is 0 Å². The second-order valence-electron chi connectivity index (χ2n) is 9.83. The summed E-state index contributed by atoms with van der Waals surface area (Å²) in [5, 5.41) is 30.5. The molecule has 0 saturated carbocycles. The summed E-state index contributed by atoms with van der Waals surface area (Å²) in [4.78, 5) is 5.69. The van der Waals surface area contributed by atoms with Crippen LogP contribution in [0, 0.1) is 40.6 Å². The van der Waals surface area contributed by atoms with E-state index in [1.54, 1.807) is 12.1 Å². The first-order chi connectivity index (χ1) is 18.4. The molecule has 0 atom stereocenters. The van der Waals surface area contributed by atoms with E-state index in [9.17, 15) is 15.8 Å². The highest BCUT2D eigenvalue weighted by atomic mass is 16.5. The van der Waals surface area contributed by atoms with Gasteiger partial charge in [-0.2, -0.15) is 15.8 Å². The molecule has 7 heteroatoms. The second-order valence-corrected chi connectivity index (χ2v) is 9.83. The van der Waals surface area contributed by atoms with Crippen molar-refractivity contribution >= 4 is 34.8 Å². The molecule has 0 N–H and O–H groups in total. The van der Waals surface area contributed by atoms with Crippen molar-refractivity contribution in [3.05, 3.63) is 112 Å². The number of rotatable bonds is 1. The summed E-state index contributed by atoms with van der Waals surface area (Å²) >= 11 is 0. The molecule has 176 valence electrons. The minimum absolute atomic E-state index is 0.345. The molecule has 0 fully saturated rings. The van der Waals surface area contributed by atoms with Crippen LogP contribution in [-0.2, 0) is 5.41 Å². The maximum absolute atomic E-state index is 10.3. The molecular formula is C31H18BN5O. The Balaban J connectivity index is 1.81. The highest BCUT2D eigenvalue weighted by molar-refractivity contribution is 6.90. The van der Waals surface area contributed by atoms with Crippen molar-refractivity contribution in [3.8, 4) is 29.7 Å². The van der Waals surface area contributed by atoms with Crippen molar-refractivity contribution in [1.82, 2.24) is 0 Å². The van der Waals surface area contributed by atoms with Crippen molar-refractivity contribution in [3.63, 3.8) is 0 Å². The van der Waals surface area contributed by atoms with E-state index in [0.29, 0.717) is 45.3 Å². The van der Waals surface area contributed by atoms with Crippen molar-refractivity contribution in [2.24, 2.45) is 0 Å². The SMILES string of the molecule is [C-]#[N+]c1cc(C#N)c2c(c1)C(C)(C)c1cc(C#N)cc(C#N)c1N2B1c2ccccc2Oc2ccccc21. The minimum Gasteiger partial charge on any atom is -0.458 e. The van der Waals surface area contributed by atoms with Gasteiger partial charge in [-0.15, -0.1) is 0 Å². The first-order valence-electron chi connectivity index (χ1n) is 12.0. The molecular weight excluding hydrogens is 469 g/mol. The molecule has 0 aliphatic carbocycles. The van der Waals surface area contributed by atoms with Gasteiger partial charge >= 0.3 is 6.85 Å². The zero-order valence-corrected chi connectivity index (χ0v) is 20.6. The maximum Gasteiger partial charge on any atom is 0.335 e. The zero-order valence-electron chi connectivity index (χ0n) is 20.6. The van der Waals surface area contributed by atoms with Crippen LogP contribution in [0.5, 0.6) is 11.5 Å². The van der Waals surface area contributed by atoms with Crippen LogP contribution in [0.2, 0.25) is 0 Å². The molecule has 4 aromatic carbocycles. The largest absolute Gasteiger partial charge is 0.458 e. The first kappa shape index (κ1) is 22.9. The van der Waals surface area contributed by atoms with E-state index < -0.39 is 12.3 Å². The normalized spacial score (nSPS) is 13.7. The van der Waals surface area contributed by atoms with Crippen LogP contribution in [0.15, 0.2) is 72.8 Å². The number of benzene rings is 4. The molecule has 6 nitrogen and oxygen atoms in total. The average molecular weight is 487 g/mol. The highest BCUT2D eigenvalue weighted by Gasteiger charge is 2.46. The van der Waals surface area contributed by atoms with Gasteiger partial charge in [0, 0.05) is 11.1 Å². The summed E-state index contributed by atoms with van der Waals surface area (Å²) in [5.41, 5.74) is 5.37. The molecule has 0 aromatic heterocycles. The summed E-state index contributed by atoms with van der Waals surface area (Å²) in [6, 6.07) is 29.2. The van der Waals surface area contributed by atoms with E-state index in [-0.39, 0.29) is 0 Å². The predicted molar refractivity (Wildman–Crippen MR) is 146 cm³/mol. The number of fused-ring (bicyclic) bond motifs is 4. The molecule has 0 spiro atoms. The van der Waals surface area contributed by atoms with Crippen LogP contribution in [-0.4, -0.2) is 6.85 Å². The van der Waals surface area contributed by atoms with Crippen molar-refractivity contribution in [2.75, 3.05) is 4.81 Å². The number of hydrogen-bond donors (Lipinski definition) is 0. The van der Waals surface area contributed by atoms with Crippen LogP contribution in [0.1, 0.15) is 41.7 Å². The molecule has 2 aliphatic rings. The fourth-order valence-electron chi connectivity index (χ4n) is 5.70. The number of nitriles is 3. The van der Waals surface area contributed by atoms with Gasteiger partial charge in [-0.25, -0.2) is 4.85 Å². The number of hydrogen-bond acceptors (Lipinski definition) is 5. The van der Waals surface area contributed by atoms with Gasteiger partial charge in [0.15, 0.2) is 5.69 Å². The Kier molecular flexibility index (Phi) is 5.00. The topological polar surface area (TPSA) is 88.2 Å². The van der Waals surface area contributed by atoms with Crippen molar-refractivity contribution in [1.29, 1.82) is 15.8 Å². The summed E-state index contributed by atoms with van der Waals surface area (Å²) in [6.45, 7) is 11.2. The van der Waals surface area contributed by atoms with Gasteiger partial charge in [-0.3, -0.25) is 0 Å². The predicted octanol–water partition coefficient (Wildman–Crippen LogP) is 5.54. The number of para-hydroxylation sites is 2. The Bertz CT molecular complexity index is 1720. The molecule has 38 heavy (non-hydrogen) atoms. The quantitative estimate of drug-likeness (QED) is 0.260. The lowest BCUT2D eigenvalue weighted by Gasteiger charge is -2.47. The molecule has 0 amide bonds. The zero-order chi connectivity index (χ0) is 26.6. The number of nitrogens with zero attached hydrogens (tertiary/aromatic N) is 5. The van der Waals surface area contributed by atoms with Gasteiger partial charge in [-0.1, -0.05) is 56.3 Å². The Labute approximate surface area is 221 Å². The first-order valence-corrected chi connectivity index (χ1v) is 12.0. The summed E-state index contributed by atoms with van der Waals surface area (Å²) in [7, 11) is 0. The standard InChI is InChI=1S/C31H18BN5O/c1-31(2)23-13-19(16-33)12-20(17-34)29(23)37(30-21(18-35)14-22(36-3)15-24(30)31)32-25-8-4-6-10-27(25)38-28-11-7-5-9-26(28)32/h4-15H,1-2H3. The number of anilines is 2. The van der Waals surface area contributed by atoms with Crippen molar-refractivity contribution in [2.45, 2.75) is 19.3 Å². The second kappa shape index (κ2) is 8.28. The lowest BCUT2D eigenvalue weighted by atomic mass is 9.46. The molecule has 4 aromatic rings. The lowest BCUT2D eigenvalue weighted by Crippen LogP contribution is -2.59. The Hall–Kier alpha value is -5.50. The summed E-state index contributed by atoms with van der Waals surface area (Å²) < 4.78 is 6.26. The van der Waals surface area contributed by atoms with Crippen molar-refractivity contribution < 1.29 is 4.74 Å². The van der Waals surface area contributed by atoms with E-state index >= 15 is 0 Å². The molecule has 0 radical (unpaired) electrons. The maximum atomic E-state index is 10.3. The van der Waals surface area contributed by atoms with Crippen LogP contribution in [0.25, 0.3) is 4.85 Å². The van der Waals surface area contributed by atoms with E-state index in [1.165, 1.54) is 0 Å². The number of ether oxygens (including phenoxy) is 1. The molecule has 2 aliphatic heterocycles. The summed E-state index contributed by atoms with van der Waals surface area (Å²) in [5.74, 6) is 1.38. The smallest absolute Gasteiger partial charge is 0.335 e. The van der Waals surface area contributed by atoms with Crippen LogP contribution in [0.4, 0.5) is 17.1 Å². The highest BCUT2D eigenvalue weighted by Crippen LogP contribution is 2.53. The minimum atomic E-state index is -0.698. The Morgan fingerprint density at radius 3 is 1.89 bits per heavy atom. The van der Waals surface area contributed by atoms with E-state index in [2.05, 4.69) is 23.1 Å². The van der Waals surface area contributed by atoms with Gasteiger partial charge in [-0.05, 0) is 52.4 Å². The molecule has 0 bridgehead atoms. The average Bonchev–Trinajstić information content (AvgIpc) is 2.95. The summed E-state index contributed by atoms with van der Waals surface area (Å²) in [6.07, 6.45) is 0. The lowest BCUT2D eigenvalue weighted by molar-refractivity contribution is 0.487. The third-order valence-electron chi connectivity index (χ3n) is 7.44. The van der Waals surface area contributed by atoms with E-state index in [1.807, 2.05) is 79.3 Å². The van der Waals surface area contributed by atoms with Crippen LogP contribution < -0.4 is 20.5 Å². The van der Waals surface area contributed by atoms with Crippen LogP contribution in [0.3, 0.4) is 0 Å². The monoisotopic (exact) mass is 487 g/mol. The molecule has 6 rings (SSSR count). The van der Waals surface area contributed by atoms with Gasteiger partial charge in [0.05, 0.1) is 41.1 Å². The Morgan fingerprint density at radius 2 is 1.34 bits per heavy atom. The molecule has 0 unspecified atom stereocenters. The third-order valence-corrected chi connectivity index (χ3v) is 7.44.